The maximum atomic E-state index is 5.69. The molecule has 0 N–H and O–H groups in total. The summed E-state index contributed by atoms with van der Waals surface area (Å²) in [4.78, 5) is 1.14. The lowest BCUT2D eigenvalue weighted by Crippen LogP contribution is -1.89. The first-order valence-electron chi connectivity index (χ1n) is 8.31. The van der Waals surface area contributed by atoms with Gasteiger partial charge < -0.3 is 4.18 Å². The van der Waals surface area contributed by atoms with Crippen molar-refractivity contribution in [3.05, 3.63) is 65.7 Å². The third-order valence-corrected chi connectivity index (χ3v) is 4.42. The van der Waals surface area contributed by atoms with E-state index in [0.29, 0.717) is 6.61 Å². The van der Waals surface area contributed by atoms with E-state index in [1.165, 1.54) is 61.7 Å². The van der Waals surface area contributed by atoms with Gasteiger partial charge in [-0.05, 0) is 36.1 Å². The second-order valence-corrected chi connectivity index (χ2v) is 6.51. The number of hydrogen-bond acceptors (Lipinski definition) is 2. The van der Waals surface area contributed by atoms with Crippen molar-refractivity contribution in [3.63, 3.8) is 0 Å². The van der Waals surface area contributed by atoms with Crippen LogP contribution in [0.25, 0.3) is 0 Å². The predicted molar refractivity (Wildman–Crippen MR) is 109 cm³/mol. The molecule has 0 amide bonds. The van der Waals surface area contributed by atoms with Crippen molar-refractivity contribution in [3.8, 4) is 0 Å². The fraction of sp³-hybridized carbons (Fsp3) is 0.400. The van der Waals surface area contributed by atoms with Gasteiger partial charge in [-0.25, -0.2) is 0 Å². The molecule has 2 rings (SSSR count). The highest BCUT2D eigenvalue weighted by atomic mass is 32.2. The van der Waals surface area contributed by atoms with E-state index in [1.54, 1.807) is 0 Å². The first kappa shape index (κ1) is 33.0. The fourth-order valence-corrected chi connectivity index (χ4v) is 2.98. The second kappa shape index (κ2) is 20.7. The monoisotopic (exact) mass is 414 g/mol. The van der Waals surface area contributed by atoms with Gasteiger partial charge in [-0.2, -0.15) is 0 Å². The Kier molecular flexibility index (Phi) is 25.3. The molecule has 0 aromatic heterocycles. The number of hydrogen-bond donors (Lipinski definition) is 0. The van der Waals surface area contributed by atoms with Crippen molar-refractivity contribution in [2.45, 2.75) is 57.0 Å². The zero-order valence-corrected chi connectivity index (χ0v) is 16.3. The van der Waals surface area contributed by atoms with Crippen molar-refractivity contribution in [1.82, 2.24) is 0 Å². The summed E-state index contributed by atoms with van der Waals surface area (Å²) in [7, 11) is 0. The van der Waals surface area contributed by atoms with E-state index in [-0.39, 0.29) is 23.5 Å². The van der Waals surface area contributed by atoms with Gasteiger partial charge in [0, 0.05) is 16.9 Å². The number of halogens is 5. The average Bonchev–Trinajstić information content (AvgIpc) is 2.57. The smallest absolute Gasteiger partial charge is 0.0869 e. The minimum atomic E-state index is 0. The summed E-state index contributed by atoms with van der Waals surface area (Å²) in [6.45, 7) is 2.91. The molecule has 7 heteroatoms. The Hall–Kier alpha value is -1.60. The van der Waals surface area contributed by atoms with Crippen molar-refractivity contribution in [2.75, 3.05) is 0 Å². The lowest BCUT2D eigenvalue weighted by atomic mass is 10.0. The molecule has 0 unspecified atom stereocenters. The summed E-state index contributed by atoms with van der Waals surface area (Å²) < 4.78 is 5.69. The molecule has 2 aromatic carbocycles. The molecule has 0 fully saturated rings. The summed E-state index contributed by atoms with van der Waals surface area (Å²) in [5.74, 6) is 0. The molecule has 0 aliphatic heterocycles. The van der Waals surface area contributed by atoms with Gasteiger partial charge >= 0.3 is 0 Å². The Morgan fingerprint density at radius 2 is 1.22 bits per heavy atom. The van der Waals surface area contributed by atoms with E-state index < -0.39 is 0 Å². The van der Waals surface area contributed by atoms with Crippen LogP contribution in [0.2, 0.25) is 0 Å². The normalized spacial score (nSPS) is 8.78. The largest absolute Gasteiger partial charge is 0.305 e. The average molecular weight is 415 g/mol. The number of rotatable bonds is 10. The van der Waals surface area contributed by atoms with Crippen LogP contribution in [0, 0.1) is 0 Å². The van der Waals surface area contributed by atoms with Gasteiger partial charge in [-0.1, -0.05) is 75.1 Å². The van der Waals surface area contributed by atoms with Crippen LogP contribution in [0.5, 0.6) is 0 Å². The predicted octanol–water partition coefficient (Wildman–Crippen LogP) is 7.19. The minimum absolute atomic E-state index is 0. The maximum Gasteiger partial charge on any atom is 0.0869 e. The highest BCUT2D eigenvalue weighted by Crippen LogP contribution is 2.20. The second-order valence-electron chi connectivity index (χ2n) is 5.64. The zero-order valence-electron chi connectivity index (χ0n) is 15.5. The highest BCUT2D eigenvalue weighted by Gasteiger charge is 1.98. The first-order chi connectivity index (χ1) is 10.9. The van der Waals surface area contributed by atoms with Crippen LogP contribution in [-0.4, -0.2) is 0 Å². The molecule has 2 aromatic rings. The Bertz CT molecular complexity index is 526. The minimum Gasteiger partial charge on any atom is -0.305 e. The third kappa shape index (κ3) is 14.2. The van der Waals surface area contributed by atoms with Crippen LogP contribution < -0.4 is 0 Å². The molecule has 0 saturated heterocycles. The molecule has 0 bridgehead atoms. The van der Waals surface area contributed by atoms with Gasteiger partial charge in [0.15, 0.2) is 0 Å². The van der Waals surface area contributed by atoms with Crippen LogP contribution in [0.4, 0.5) is 23.5 Å². The topological polar surface area (TPSA) is 9.23 Å². The van der Waals surface area contributed by atoms with Crippen molar-refractivity contribution >= 4 is 12.0 Å². The van der Waals surface area contributed by atoms with Crippen molar-refractivity contribution < 1.29 is 27.7 Å². The molecule has 0 aliphatic rings. The summed E-state index contributed by atoms with van der Waals surface area (Å²) in [6, 6.07) is 19.1. The Morgan fingerprint density at radius 3 is 1.81 bits per heavy atom. The van der Waals surface area contributed by atoms with E-state index in [4.69, 9.17) is 4.18 Å². The van der Waals surface area contributed by atoms with E-state index in [1.807, 2.05) is 18.2 Å². The number of unbranched alkanes of at least 4 members (excludes halogenated alkanes) is 4. The van der Waals surface area contributed by atoms with Gasteiger partial charge in [0.1, 0.15) is 0 Å². The maximum absolute atomic E-state index is 5.69. The van der Waals surface area contributed by atoms with Crippen LogP contribution >= 0.6 is 12.0 Å². The third-order valence-electron chi connectivity index (χ3n) is 3.72. The quantitative estimate of drug-likeness (QED) is 0.231. The lowest BCUT2D eigenvalue weighted by molar-refractivity contribution is 0.364. The fourth-order valence-electron chi connectivity index (χ4n) is 2.38. The molecule has 0 heterocycles. The molecule has 0 saturated carbocycles. The van der Waals surface area contributed by atoms with Crippen LogP contribution in [0.3, 0.4) is 0 Å². The Balaban J connectivity index is -0.000000529. The molecular formula is C20H31F5OS. The Morgan fingerprint density at radius 1 is 0.667 bits per heavy atom. The van der Waals surface area contributed by atoms with Crippen molar-refractivity contribution in [2.24, 2.45) is 0 Å². The lowest BCUT2D eigenvalue weighted by Gasteiger charge is -2.05. The van der Waals surface area contributed by atoms with Crippen LogP contribution in [0.15, 0.2) is 59.5 Å². The highest BCUT2D eigenvalue weighted by molar-refractivity contribution is 7.94. The molecular weight excluding hydrogens is 383 g/mol. The summed E-state index contributed by atoms with van der Waals surface area (Å²) >= 11 is 1.44. The first-order valence-corrected chi connectivity index (χ1v) is 9.05. The van der Waals surface area contributed by atoms with Gasteiger partial charge in [0.2, 0.25) is 0 Å². The van der Waals surface area contributed by atoms with E-state index >= 15 is 0 Å². The molecule has 0 spiro atoms. The molecule has 158 valence electrons. The van der Waals surface area contributed by atoms with Crippen molar-refractivity contribution in [1.29, 1.82) is 0 Å². The van der Waals surface area contributed by atoms with E-state index in [9.17, 15) is 0 Å². The summed E-state index contributed by atoms with van der Waals surface area (Å²) in [6.07, 6.45) is 7.92. The SMILES string of the molecule is CCCCCCCc1ccc(COSc2ccccc2)cc1.F.F.F.F.F. The van der Waals surface area contributed by atoms with Crippen LogP contribution in [-0.2, 0) is 17.2 Å². The van der Waals surface area contributed by atoms with Gasteiger partial charge in [-0.15, -0.1) is 0 Å². The molecule has 1 nitrogen and oxygen atoms in total. The summed E-state index contributed by atoms with van der Waals surface area (Å²) in [5, 5.41) is 0. The number of benzene rings is 2. The van der Waals surface area contributed by atoms with Gasteiger partial charge in [-0.3, -0.25) is 23.5 Å². The van der Waals surface area contributed by atoms with E-state index in [2.05, 4.69) is 43.3 Å². The zero-order chi connectivity index (χ0) is 15.5. The van der Waals surface area contributed by atoms with Gasteiger partial charge in [0.25, 0.3) is 0 Å². The molecule has 0 aliphatic carbocycles. The summed E-state index contributed by atoms with van der Waals surface area (Å²) in [5.41, 5.74) is 2.68. The van der Waals surface area contributed by atoms with E-state index in [0.717, 1.165) is 4.90 Å². The standard InChI is InChI=1S/C20H26OS.5FH/c1-2-3-4-5-7-10-18-13-15-19(16-14-18)17-21-22-20-11-8-6-9-12-20;;;;;/h6,8-9,11-16H,2-5,7,10,17H2,1H3;5*1H. The van der Waals surface area contributed by atoms with Gasteiger partial charge in [0.05, 0.1) is 6.61 Å². The number of aryl methyl sites for hydroxylation is 1. The molecule has 0 radical (unpaired) electrons. The molecule has 27 heavy (non-hydrogen) atoms. The van der Waals surface area contributed by atoms with Crippen LogP contribution in [0.1, 0.15) is 50.2 Å². The molecule has 0 atom stereocenters. The Labute approximate surface area is 162 Å².